The number of nitro groups is 4. The van der Waals surface area contributed by atoms with E-state index >= 15 is 0 Å². The molecule has 0 saturated heterocycles. The Balaban J connectivity index is 1.47. The number of nitrogens with one attached hydrogen (secondary N) is 1. The first kappa shape index (κ1) is 24.8. The maximum Gasteiger partial charge on any atom is 0.465 e. The van der Waals surface area contributed by atoms with E-state index in [2.05, 4.69) is 40.2 Å². The Morgan fingerprint density at radius 3 is 1.73 bits per heavy atom. The maximum atomic E-state index is 11.5. The van der Waals surface area contributed by atoms with Crippen LogP contribution >= 0.6 is 0 Å². The predicted octanol–water partition coefficient (Wildman–Crippen LogP) is 3.90. The van der Waals surface area contributed by atoms with Crippen LogP contribution in [-0.4, -0.2) is 55.3 Å². The molecule has 6 aromatic rings. The molecule has 1 atom stereocenters. The summed E-state index contributed by atoms with van der Waals surface area (Å²) in [6.45, 7) is 0. The van der Waals surface area contributed by atoms with Gasteiger partial charge in [-0.1, -0.05) is 36.4 Å². The van der Waals surface area contributed by atoms with Gasteiger partial charge in [0.1, 0.15) is 11.0 Å². The molecule has 0 bridgehead atoms. The molecule has 44 heavy (non-hydrogen) atoms. The summed E-state index contributed by atoms with van der Waals surface area (Å²) in [4.78, 5) is 70.8. The molecule has 1 N–H and O–H groups in total. The van der Waals surface area contributed by atoms with Crippen molar-refractivity contribution in [2.24, 2.45) is 4.99 Å². The molecule has 3 aromatic carbocycles. The van der Waals surface area contributed by atoms with E-state index in [1.807, 2.05) is 0 Å². The zero-order valence-corrected chi connectivity index (χ0v) is 21.2. The Kier molecular flexibility index (Phi) is 4.66. The van der Waals surface area contributed by atoms with Crippen molar-refractivity contribution >= 4 is 84.5 Å². The van der Waals surface area contributed by atoms with Crippen LogP contribution in [0.4, 0.5) is 34.9 Å². The Bertz CT molecular complexity index is 2470. The lowest BCUT2D eigenvalue weighted by molar-refractivity contribution is -0.428. The second kappa shape index (κ2) is 8.28. The van der Waals surface area contributed by atoms with E-state index in [1.165, 1.54) is 0 Å². The number of hydrogen-bond acceptors (Lipinski definition) is 16. The van der Waals surface area contributed by atoms with Crippen molar-refractivity contribution < 1.29 is 19.7 Å². The first-order valence-electron chi connectivity index (χ1n) is 12.3. The molecule has 0 radical (unpaired) electrons. The minimum Gasteiger partial charge on any atom is -0.358 e. The molecule has 1 unspecified atom stereocenters. The lowest BCUT2D eigenvalue weighted by atomic mass is 9.81. The Morgan fingerprint density at radius 2 is 1.14 bits per heavy atom. The fraction of sp³-hybridized carbons (Fsp3) is 0.0417. The number of nitrogens with zero attached hydrogens (tertiary/aromatic N) is 11. The third-order valence-electron chi connectivity index (χ3n) is 7.31. The Hall–Kier alpha value is -6.99. The van der Waals surface area contributed by atoms with Gasteiger partial charge in [0.05, 0.1) is 11.8 Å². The topological polar surface area (TPSA) is 274 Å². The fourth-order valence-electron chi connectivity index (χ4n) is 5.66. The molecule has 4 heterocycles. The van der Waals surface area contributed by atoms with Crippen LogP contribution in [0.5, 0.6) is 0 Å². The Labute approximate surface area is 238 Å². The highest BCUT2D eigenvalue weighted by atomic mass is 16.6. The molecule has 212 valence electrons. The molecule has 0 fully saturated rings. The zero-order chi connectivity index (χ0) is 30.6. The number of hydrogen-bond donors (Lipinski definition) is 1. The smallest absolute Gasteiger partial charge is 0.358 e. The third kappa shape index (κ3) is 3.17. The van der Waals surface area contributed by atoms with Gasteiger partial charge in [0, 0.05) is 21.7 Å². The van der Waals surface area contributed by atoms with Gasteiger partial charge in [-0.2, -0.15) is 9.97 Å². The first-order valence-corrected chi connectivity index (χ1v) is 12.3. The van der Waals surface area contributed by atoms with E-state index in [-0.39, 0.29) is 28.4 Å². The van der Waals surface area contributed by atoms with Gasteiger partial charge in [-0.15, -0.1) is 0 Å². The van der Waals surface area contributed by atoms with Crippen LogP contribution in [-0.2, 0) is 0 Å². The van der Waals surface area contributed by atoms with E-state index in [0.29, 0.717) is 43.9 Å². The number of anilines is 1. The van der Waals surface area contributed by atoms with Gasteiger partial charge in [0.15, 0.2) is 0 Å². The zero-order valence-electron chi connectivity index (χ0n) is 21.2. The molecule has 8 rings (SSSR count). The highest BCUT2D eigenvalue weighted by molar-refractivity contribution is 6.33. The van der Waals surface area contributed by atoms with E-state index < -0.39 is 49.0 Å². The molecular formula is C24H8N12O8. The van der Waals surface area contributed by atoms with Crippen LogP contribution in [0.25, 0.3) is 43.9 Å². The largest absolute Gasteiger partial charge is 0.465 e. The summed E-state index contributed by atoms with van der Waals surface area (Å²) in [5, 5.41) is 51.5. The number of aliphatic imine (C=N–C) groups is 1. The van der Waals surface area contributed by atoms with E-state index in [0.717, 1.165) is 0 Å². The Morgan fingerprint density at radius 1 is 0.614 bits per heavy atom. The van der Waals surface area contributed by atoms with Crippen molar-refractivity contribution in [3.05, 3.63) is 88.0 Å². The van der Waals surface area contributed by atoms with Crippen molar-refractivity contribution in [3.63, 3.8) is 0 Å². The summed E-state index contributed by atoms with van der Waals surface area (Å²) in [5.41, 5.74) is 1.67. The molecule has 0 amide bonds. The molecule has 3 aromatic heterocycles. The second-order valence-corrected chi connectivity index (χ2v) is 9.58. The van der Waals surface area contributed by atoms with Crippen LogP contribution in [0.3, 0.4) is 0 Å². The summed E-state index contributed by atoms with van der Waals surface area (Å²) < 4.78 is 0. The van der Waals surface area contributed by atoms with Gasteiger partial charge in [-0.3, -0.25) is 0 Å². The number of fused-ring (bicyclic) bond motifs is 8. The molecule has 0 spiro atoms. The van der Waals surface area contributed by atoms with Crippen LogP contribution in [0, 0.1) is 40.5 Å². The number of benzene rings is 3. The van der Waals surface area contributed by atoms with Crippen molar-refractivity contribution in [2.75, 3.05) is 5.32 Å². The quantitative estimate of drug-likeness (QED) is 0.131. The van der Waals surface area contributed by atoms with Crippen molar-refractivity contribution in [2.45, 2.75) is 6.04 Å². The molecule has 1 aliphatic heterocycles. The highest BCUT2D eigenvalue weighted by Gasteiger charge is 2.41. The average Bonchev–Trinajstić information content (AvgIpc) is 3.01. The predicted molar refractivity (Wildman–Crippen MR) is 149 cm³/mol. The van der Waals surface area contributed by atoms with Crippen LogP contribution < -0.4 is 5.32 Å². The lowest BCUT2D eigenvalue weighted by Gasteiger charge is -2.30. The monoisotopic (exact) mass is 592 g/mol. The second-order valence-electron chi connectivity index (χ2n) is 9.58. The highest BCUT2D eigenvalue weighted by Crippen LogP contribution is 2.47. The van der Waals surface area contributed by atoms with Crippen molar-refractivity contribution in [1.29, 1.82) is 0 Å². The number of aromatic nitrogens is 6. The first-order chi connectivity index (χ1) is 21.1. The van der Waals surface area contributed by atoms with Gasteiger partial charge >= 0.3 is 46.2 Å². The molecule has 20 nitrogen and oxygen atoms in total. The normalized spacial score (nSPS) is 14.7. The van der Waals surface area contributed by atoms with Crippen LogP contribution in [0.15, 0.2) is 41.4 Å². The maximum absolute atomic E-state index is 11.5. The fourth-order valence-corrected chi connectivity index (χ4v) is 5.66. The minimum absolute atomic E-state index is 0.126. The molecule has 20 heteroatoms. The minimum atomic E-state index is -1.08. The summed E-state index contributed by atoms with van der Waals surface area (Å²) in [6.07, 6.45) is 0. The van der Waals surface area contributed by atoms with Gasteiger partial charge in [0.25, 0.3) is 0 Å². The standard InChI is InChI=1S/C24H8N12O8/c37-33(38)21-23(35(41)42)31-19-17(29-21)25-13-7-3-1-4-8-11(7)12-9(15(13)27-19)5-2-6-10(12)16-14(8)26-18-20(28-16)32-24(36(43)44)22(30-18)34(39)40/h1-6,13H,(H,25,29). The van der Waals surface area contributed by atoms with E-state index in [1.54, 1.807) is 36.4 Å². The lowest BCUT2D eigenvalue weighted by Crippen LogP contribution is -2.29. The summed E-state index contributed by atoms with van der Waals surface area (Å²) in [6, 6.07) is 9.74. The van der Waals surface area contributed by atoms with Gasteiger partial charge in [0.2, 0.25) is 0 Å². The summed E-state index contributed by atoms with van der Waals surface area (Å²) >= 11 is 0. The van der Waals surface area contributed by atoms with E-state index in [4.69, 9.17) is 0 Å². The van der Waals surface area contributed by atoms with Crippen molar-refractivity contribution in [1.82, 2.24) is 29.9 Å². The van der Waals surface area contributed by atoms with Crippen molar-refractivity contribution in [3.8, 4) is 0 Å². The molecular weight excluding hydrogens is 584 g/mol. The average molecular weight is 592 g/mol. The molecule has 1 aliphatic carbocycles. The van der Waals surface area contributed by atoms with Crippen LogP contribution in [0.1, 0.15) is 17.2 Å². The molecule has 0 saturated carbocycles. The SMILES string of the molecule is O=[N+]([O-])c1nc2c(nc1[N+](=O)[O-])NC1C(=N2)c2cccc3c4nc5nc([N+](=O)[O-])c([N+](=O)[O-])nc5nc4c4cccc1c4c23. The van der Waals surface area contributed by atoms with Gasteiger partial charge < -0.3 is 45.8 Å². The van der Waals surface area contributed by atoms with Crippen LogP contribution in [0.2, 0.25) is 0 Å². The van der Waals surface area contributed by atoms with Gasteiger partial charge in [-0.25, -0.2) is 4.99 Å². The molecule has 2 aliphatic rings. The summed E-state index contributed by atoms with van der Waals surface area (Å²) in [7, 11) is 0. The van der Waals surface area contributed by atoms with Gasteiger partial charge in [-0.05, 0) is 50.6 Å². The summed E-state index contributed by atoms with van der Waals surface area (Å²) in [5.74, 6) is -4.59. The number of rotatable bonds is 4. The third-order valence-corrected chi connectivity index (χ3v) is 7.31. The van der Waals surface area contributed by atoms with E-state index in [9.17, 15) is 40.5 Å².